The van der Waals surface area contributed by atoms with Gasteiger partial charge in [0.25, 0.3) is 0 Å². The summed E-state index contributed by atoms with van der Waals surface area (Å²) in [6, 6.07) is 8.64. The van der Waals surface area contributed by atoms with Crippen LogP contribution in [0, 0.1) is 0 Å². The van der Waals surface area contributed by atoms with Crippen LogP contribution < -0.4 is 5.32 Å². The van der Waals surface area contributed by atoms with Gasteiger partial charge in [-0.2, -0.15) is 0 Å². The van der Waals surface area contributed by atoms with Crippen LogP contribution in [-0.2, 0) is 4.74 Å². The summed E-state index contributed by atoms with van der Waals surface area (Å²) in [5.74, 6) is 0.991. The summed E-state index contributed by atoms with van der Waals surface area (Å²) < 4.78 is 5.60. The van der Waals surface area contributed by atoms with Crippen molar-refractivity contribution in [2.24, 2.45) is 0 Å². The van der Waals surface area contributed by atoms with Crippen LogP contribution in [-0.4, -0.2) is 31.6 Å². The van der Waals surface area contributed by atoms with E-state index in [1.54, 1.807) is 11.8 Å². The van der Waals surface area contributed by atoms with Gasteiger partial charge in [0, 0.05) is 15.7 Å². The summed E-state index contributed by atoms with van der Waals surface area (Å²) in [5.41, 5.74) is 0. The first-order valence-corrected chi connectivity index (χ1v) is 7.88. The lowest BCUT2D eigenvalue weighted by Gasteiger charge is -2.08. The van der Waals surface area contributed by atoms with E-state index in [0.717, 1.165) is 30.5 Å². The van der Waals surface area contributed by atoms with E-state index in [1.165, 1.54) is 11.3 Å². The summed E-state index contributed by atoms with van der Waals surface area (Å²) in [6.07, 6.45) is 1.21. The van der Waals surface area contributed by atoms with E-state index < -0.39 is 0 Å². The zero-order chi connectivity index (χ0) is 13.2. The average Bonchev–Trinajstić information content (AvgIpc) is 2.39. The fourth-order valence-corrected chi connectivity index (χ4v) is 2.35. The molecule has 0 radical (unpaired) electrons. The molecule has 0 spiro atoms. The van der Waals surface area contributed by atoms with Crippen molar-refractivity contribution in [3.63, 3.8) is 0 Å². The Hall–Kier alpha value is -0.220. The molecule has 0 aromatic heterocycles. The minimum absolute atomic E-state index is 0.706. The van der Waals surface area contributed by atoms with Crippen molar-refractivity contribution in [3.05, 3.63) is 29.3 Å². The number of nitrogens with two attached hydrogens (primary N) is 1. The third-order valence-electron chi connectivity index (χ3n) is 2.79. The van der Waals surface area contributed by atoms with Crippen LogP contribution in [0.1, 0.15) is 20.3 Å². The van der Waals surface area contributed by atoms with Crippen molar-refractivity contribution in [2.75, 3.05) is 25.5 Å². The van der Waals surface area contributed by atoms with Crippen molar-refractivity contribution in [2.45, 2.75) is 31.2 Å². The first-order chi connectivity index (χ1) is 8.72. The molecule has 0 aliphatic heterocycles. The Bertz CT molecular complexity index is 318. The van der Waals surface area contributed by atoms with Crippen molar-refractivity contribution >= 4 is 23.4 Å². The van der Waals surface area contributed by atoms with E-state index >= 15 is 0 Å². The predicted octanol–water partition coefficient (Wildman–Crippen LogP) is 2.81. The van der Waals surface area contributed by atoms with Crippen molar-refractivity contribution < 1.29 is 10.1 Å². The summed E-state index contributed by atoms with van der Waals surface area (Å²) in [5, 5.41) is 3.13. The van der Waals surface area contributed by atoms with E-state index in [0.29, 0.717) is 6.04 Å². The first-order valence-electron chi connectivity index (χ1n) is 6.51. The van der Waals surface area contributed by atoms with E-state index in [1.807, 2.05) is 24.3 Å². The largest absolute Gasteiger partial charge is 0.375 e. The van der Waals surface area contributed by atoms with Crippen LogP contribution >= 0.6 is 23.4 Å². The number of hydrogen-bond donors (Lipinski definition) is 1. The summed E-state index contributed by atoms with van der Waals surface area (Å²) in [7, 11) is 0. The highest BCUT2D eigenvalue weighted by molar-refractivity contribution is 7.99. The molecule has 0 aliphatic carbocycles. The van der Waals surface area contributed by atoms with Crippen LogP contribution in [0.4, 0.5) is 0 Å². The highest BCUT2D eigenvalue weighted by Gasteiger charge is 2.00. The number of benzene rings is 1. The maximum Gasteiger partial charge on any atom is 0.0995 e. The van der Waals surface area contributed by atoms with Gasteiger partial charge in [-0.05, 0) is 37.6 Å². The number of quaternary nitrogens is 1. The number of ether oxygens (including phenoxy) is 1. The van der Waals surface area contributed by atoms with Crippen molar-refractivity contribution in [3.8, 4) is 0 Å². The quantitative estimate of drug-likeness (QED) is 0.558. The lowest BCUT2D eigenvalue weighted by Crippen LogP contribution is -2.90. The fourth-order valence-electron chi connectivity index (χ4n) is 1.45. The second kappa shape index (κ2) is 9.68. The molecule has 1 aromatic carbocycles. The van der Waals surface area contributed by atoms with E-state index in [9.17, 15) is 0 Å². The van der Waals surface area contributed by atoms with Crippen molar-refractivity contribution in [1.82, 2.24) is 0 Å². The van der Waals surface area contributed by atoms with Crippen LogP contribution in [0.15, 0.2) is 29.2 Å². The number of hydrogen-bond acceptors (Lipinski definition) is 2. The van der Waals surface area contributed by atoms with Gasteiger partial charge in [-0.25, -0.2) is 0 Å². The van der Waals surface area contributed by atoms with Crippen LogP contribution in [0.2, 0.25) is 5.02 Å². The molecule has 0 amide bonds. The van der Waals surface area contributed by atoms with E-state index in [-0.39, 0.29) is 0 Å². The van der Waals surface area contributed by atoms with E-state index in [4.69, 9.17) is 16.3 Å². The maximum absolute atomic E-state index is 5.83. The normalized spacial score (nSPS) is 12.6. The van der Waals surface area contributed by atoms with Gasteiger partial charge in [-0.3, -0.25) is 0 Å². The topological polar surface area (TPSA) is 25.8 Å². The van der Waals surface area contributed by atoms with Gasteiger partial charge >= 0.3 is 0 Å². The third-order valence-corrected chi connectivity index (χ3v) is 4.01. The summed E-state index contributed by atoms with van der Waals surface area (Å²) >= 11 is 7.63. The van der Waals surface area contributed by atoms with Gasteiger partial charge in [0.2, 0.25) is 0 Å². The molecule has 18 heavy (non-hydrogen) atoms. The molecule has 0 saturated heterocycles. The highest BCUT2D eigenvalue weighted by Crippen LogP contribution is 2.19. The molecule has 1 rings (SSSR count). The molecule has 0 unspecified atom stereocenters. The Kier molecular flexibility index (Phi) is 8.51. The average molecular weight is 289 g/mol. The summed E-state index contributed by atoms with van der Waals surface area (Å²) in [4.78, 5) is 1.24. The maximum atomic E-state index is 5.83. The zero-order valence-electron chi connectivity index (χ0n) is 11.2. The third kappa shape index (κ3) is 7.27. The van der Waals surface area contributed by atoms with E-state index in [2.05, 4.69) is 19.2 Å². The molecule has 0 bridgehead atoms. The second-order valence-electron chi connectivity index (χ2n) is 4.32. The lowest BCUT2D eigenvalue weighted by atomic mass is 10.3. The van der Waals surface area contributed by atoms with Gasteiger partial charge in [0.15, 0.2) is 0 Å². The molecule has 0 fully saturated rings. The Morgan fingerprint density at radius 3 is 2.67 bits per heavy atom. The minimum Gasteiger partial charge on any atom is -0.375 e. The monoisotopic (exact) mass is 288 g/mol. The highest BCUT2D eigenvalue weighted by atomic mass is 35.5. The Labute approximate surface area is 119 Å². The van der Waals surface area contributed by atoms with Crippen LogP contribution in [0.25, 0.3) is 0 Å². The van der Waals surface area contributed by atoms with Gasteiger partial charge in [-0.15, -0.1) is 11.8 Å². The number of rotatable bonds is 9. The molecule has 0 saturated carbocycles. The zero-order valence-corrected chi connectivity index (χ0v) is 12.8. The fraction of sp³-hybridized carbons (Fsp3) is 0.571. The Balaban J connectivity index is 1.97. The summed E-state index contributed by atoms with van der Waals surface area (Å²) in [6.45, 7) is 7.16. The molecule has 0 aliphatic rings. The second-order valence-corrected chi connectivity index (χ2v) is 5.93. The lowest BCUT2D eigenvalue weighted by molar-refractivity contribution is -0.687. The Morgan fingerprint density at radius 1 is 1.28 bits per heavy atom. The molecule has 1 atom stereocenters. The van der Waals surface area contributed by atoms with Gasteiger partial charge in [-0.1, -0.05) is 18.5 Å². The molecular weight excluding hydrogens is 266 g/mol. The standard InChI is InChI=1S/C14H22ClNOS/c1-3-12(2)16-8-9-17-10-11-18-14-6-4-13(15)5-7-14/h4-7,12,16H,3,8-11H2,1-2H3/p+1/t12-/m0/s1. The Morgan fingerprint density at radius 2 is 2.00 bits per heavy atom. The first kappa shape index (κ1) is 15.8. The molecule has 4 heteroatoms. The molecular formula is C14H23ClNOS+. The molecule has 2 N–H and O–H groups in total. The van der Waals surface area contributed by atoms with Crippen LogP contribution in [0.5, 0.6) is 0 Å². The number of thioether (sulfide) groups is 1. The van der Waals surface area contributed by atoms with Gasteiger partial charge in [0.1, 0.15) is 0 Å². The molecule has 0 heterocycles. The SMILES string of the molecule is CC[C@H](C)[NH2+]CCOCCSc1ccc(Cl)cc1. The van der Waals surface area contributed by atoms with Crippen molar-refractivity contribution in [1.29, 1.82) is 0 Å². The smallest absolute Gasteiger partial charge is 0.0995 e. The van der Waals surface area contributed by atoms with Gasteiger partial charge < -0.3 is 10.1 Å². The molecule has 102 valence electrons. The van der Waals surface area contributed by atoms with Crippen LogP contribution in [0.3, 0.4) is 0 Å². The number of halogens is 1. The molecule has 1 aromatic rings. The predicted molar refractivity (Wildman–Crippen MR) is 79.5 cm³/mol. The molecule has 2 nitrogen and oxygen atoms in total. The van der Waals surface area contributed by atoms with Gasteiger partial charge in [0.05, 0.1) is 25.8 Å². The minimum atomic E-state index is 0.706.